The van der Waals surface area contributed by atoms with Crippen LogP contribution < -0.4 is 0 Å². The highest BCUT2D eigenvalue weighted by molar-refractivity contribution is 5.75. The fraction of sp³-hybridized carbons (Fsp3) is 0.500. The number of hydrogen-bond acceptors (Lipinski definition) is 2. The van der Waals surface area contributed by atoms with Crippen LogP contribution in [0.2, 0.25) is 0 Å². The summed E-state index contributed by atoms with van der Waals surface area (Å²) in [4.78, 5) is 12.6. The summed E-state index contributed by atoms with van der Waals surface area (Å²) in [5.41, 5.74) is -0.274. The summed E-state index contributed by atoms with van der Waals surface area (Å²) in [6, 6.07) is 1.14. The number of halogens is 3. The molecule has 0 aliphatic heterocycles. The lowest BCUT2D eigenvalue weighted by molar-refractivity contribution is -0.206. The first-order valence-electron chi connectivity index (χ1n) is 4.82. The maximum absolute atomic E-state index is 12.2. The van der Waals surface area contributed by atoms with Crippen LogP contribution >= 0.6 is 0 Å². The molecule has 0 fully saturated rings. The zero-order chi connectivity index (χ0) is 13.2. The zero-order valence-corrected chi connectivity index (χ0v) is 9.40. The van der Waals surface area contributed by atoms with E-state index in [0.29, 0.717) is 0 Å². The highest BCUT2D eigenvalue weighted by atomic mass is 19.4. The summed E-state index contributed by atoms with van der Waals surface area (Å²) in [5, 5.41) is 8.98. The first kappa shape index (κ1) is 13.6. The normalized spacial score (nSPS) is 13.5. The lowest BCUT2D eigenvalue weighted by Crippen LogP contribution is -2.25. The molecule has 0 radical (unpaired) electrons. The molecule has 4 nitrogen and oxygen atoms in total. The van der Waals surface area contributed by atoms with Crippen LogP contribution in [0, 0.1) is 0 Å². The summed E-state index contributed by atoms with van der Waals surface area (Å²) < 4.78 is 37.9. The number of likely N-dealkylation sites (N-methyl/N-ethyl adjacent to an activating group) is 1. The van der Waals surface area contributed by atoms with Crippen LogP contribution in [-0.4, -0.2) is 40.8 Å². The van der Waals surface area contributed by atoms with E-state index in [9.17, 15) is 18.0 Å². The van der Waals surface area contributed by atoms with E-state index in [-0.39, 0.29) is 18.0 Å². The maximum Gasteiger partial charge on any atom is 0.418 e. The van der Waals surface area contributed by atoms with Gasteiger partial charge in [-0.1, -0.05) is 0 Å². The number of alkyl halides is 3. The monoisotopic (exact) mass is 250 g/mol. The van der Waals surface area contributed by atoms with Crippen LogP contribution in [0.15, 0.2) is 18.5 Å². The van der Waals surface area contributed by atoms with Crippen molar-refractivity contribution in [3.8, 4) is 0 Å². The van der Waals surface area contributed by atoms with Crippen molar-refractivity contribution in [2.75, 3.05) is 14.1 Å². The lowest BCUT2D eigenvalue weighted by atomic mass is 10.2. The fourth-order valence-corrected chi connectivity index (χ4v) is 1.21. The van der Waals surface area contributed by atoms with Crippen LogP contribution in [-0.2, 0) is 11.3 Å². The molecule has 0 aliphatic rings. The summed E-state index contributed by atoms with van der Waals surface area (Å²) in [7, 11) is 3.11. The Balaban J connectivity index is 2.75. The van der Waals surface area contributed by atoms with Gasteiger partial charge in [-0.2, -0.15) is 13.2 Å². The summed E-state index contributed by atoms with van der Waals surface area (Å²) >= 11 is 0. The smallest absolute Gasteiger partial charge is 0.379 e. The SMILES string of the molecule is CN(C)C(=O)Cn1ccc(C(O)C(F)(F)F)c1. The van der Waals surface area contributed by atoms with Gasteiger partial charge in [0.1, 0.15) is 6.54 Å². The van der Waals surface area contributed by atoms with Crippen LogP contribution in [0.1, 0.15) is 11.7 Å². The van der Waals surface area contributed by atoms with Gasteiger partial charge in [0.2, 0.25) is 5.91 Å². The molecule has 1 N–H and O–H groups in total. The Morgan fingerprint density at radius 1 is 1.53 bits per heavy atom. The summed E-state index contributed by atoms with van der Waals surface area (Å²) in [5.74, 6) is -0.242. The number of aromatic nitrogens is 1. The van der Waals surface area contributed by atoms with Crippen LogP contribution in [0.5, 0.6) is 0 Å². The summed E-state index contributed by atoms with van der Waals surface area (Å²) in [6.07, 6.45) is -4.78. The predicted molar refractivity (Wildman–Crippen MR) is 54.1 cm³/mol. The van der Waals surface area contributed by atoms with Crippen molar-refractivity contribution in [2.45, 2.75) is 18.8 Å². The molecule has 1 amide bonds. The predicted octanol–water partition coefficient (Wildman–Crippen LogP) is 1.17. The molecule has 1 aromatic heterocycles. The standard InChI is InChI=1S/C10H13F3N2O2/c1-14(2)8(16)6-15-4-3-7(5-15)9(17)10(11,12)13/h3-5,9,17H,6H2,1-2H3. The van der Waals surface area contributed by atoms with Gasteiger partial charge in [-0.05, 0) is 6.07 Å². The quantitative estimate of drug-likeness (QED) is 0.875. The molecule has 17 heavy (non-hydrogen) atoms. The van der Waals surface area contributed by atoms with Gasteiger partial charge in [0, 0.05) is 32.1 Å². The van der Waals surface area contributed by atoms with Crippen molar-refractivity contribution >= 4 is 5.91 Å². The Morgan fingerprint density at radius 3 is 2.59 bits per heavy atom. The Labute approximate surface area is 96.3 Å². The van der Waals surface area contributed by atoms with Gasteiger partial charge in [0.15, 0.2) is 6.10 Å². The van der Waals surface area contributed by atoms with E-state index in [1.165, 1.54) is 15.7 Å². The molecule has 1 heterocycles. The van der Waals surface area contributed by atoms with E-state index in [1.54, 1.807) is 14.1 Å². The third-order valence-electron chi connectivity index (χ3n) is 2.22. The molecule has 1 rings (SSSR count). The van der Waals surface area contributed by atoms with E-state index in [1.807, 2.05) is 0 Å². The topological polar surface area (TPSA) is 45.5 Å². The van der Waals surface area contributed by atoms with Gasteiger partial charge in [-0.15, -0.1) is 0 Å². The van der Waals surface area contributed by atoms with Crippen LogP contribution in [0.25, 0.3) is 0 Å². The van der Waals surface area contributed by atoms with Crippen molar-refractivity contribution in [3.63, 3.8) is 0 Å². The van der Waals surface area contributed by atoms with Gasteiger partial charge in [0.05, 0.1) is 0 Å². The first-order chi connectivity index (χ1) is 7.71. The van der Waals surface area contributed by atoms with E-state index >= 15 is 0 Å². The number of aliphatic hydroxyl groups excluding tert-OH is 1. The molecule has 96 valence electrons. The third kappa shape index (κ3) is 3.48. The minimum Gasteiger partial charge on any atom is -0.379 e. The Morgan fingerprint density at radius 2 is 2.12 bits per heavy atom. The van der Waals surface area contributed by atoms with Crippen molar-refractivity contribution < 1.29 is 23.1 Å². The van der Waals surface area contributed by atoms with E-state index in [0.717, 1.165) is 12.3 Å². The highest BCUT2D eigenvalue weighted by Gasteiger charge is 2.39. The zero-order valence-electron chi connectivity index (χ0n) is 9.40. The largest absolute Gasteiger partial charge is 0.418 e. The lowest BCUT2D eigenvalue weighted by Gasteiger charge is -2.13. The molecule has 0 aromatic carbocycles. The first-order valence-corrected chi connectivity index (χ1v) is 4.82. The number of hydrogen-bond donors (Lipinski definition) is 1. The average Bonchev–Trinajstić information content (AvgIpc) is 2.63. The second kappa shape index (κ2) is 4.79. The van der Waals surface area contributed by atoms with E-state index in [2.05, 4.69) is 0 Å². The van der Waals surface area contributed by atoms with Crippen LogP contribution in [0.4, 0.5) is 13.2 Å². The molecule has 0 bridgehead atoms. The Hall–Kier alpha value is -1.50. The molecule has 7 heteroatoms. The van der Waals surface area contributed by atoms with Crippen LogP contribution in [0.3, 0.4) is 0 Å². The molecule has 0 aliphatic carbocycles. The maximum atomic E-state index is 12.2. The fourth-order valence-electron chi connectivity index (χ4n) is 1.21. The molecular weight excluding hydrogens is 237 g/mol. The van der Waals surface area contributed by atoms with Gasteiger partial charge in [-0.3, -0.25) is 4.79 Å². The highest BCUT2D eigenvalue weighted by Crippen LogP contribution is 2.32. The third-order valence-corrected chi connectivity index (χ3v) is 2.22. The van der Waals surface area contributed by atoms with Gasteiger partial charge in [-0.25, -0.2) is 0 Å². The second-order valence-electron chi connectivity index (χ2n) is 3.85. The summed E-state index contributed by atoms with van der Waals surface area (Å²) in [6.45, 7) is -0.0580. The molecule has 1 aromatic rings. The molecule has 1 unspecified atom stereocenters. The Kier molecular flexibility index (Phi) is 3.82. The minimum absolute atomic E-state index is 0.0580. The molecular formula is C10H13F3N2O2. The second-order valence-corrected chi connectivity index (χ2v) is 3.85. The van der Waals surface area contributed by atoms with Crippen molar-refractivity contribution in [3.05, 3.63) is 24.0 Å². The number of aliphatic hydroxyl groups is 1. The molecule has 1 atom stereocenters. The number of carbonyl (C=O) groups excluding carboxylic acids is 1. The van der Waals surface area contributed by atoms with Crippen molar-refractivity contribution in [1.82, 2.24) is 9.47 Å². The Bertz CT molecular complexity index is 399. The van der Waals surface area contributed by atoms with E-state index < -0.39 is 12.3 Å². The number of amides is 1. The molecule has 0 saturated carbocycles. The van der Waals surface area contributed by atoms with Gasteiger partial charge < -0.3 is 14.6 Å². The molecule has 0 saturated heterocycles. The molecule has 0 spiro atoms. The minimum atomic E-state index is -4.70. The van der Waals surface area contributed by atoms with E-state index in [4.69, 9.17) is 5.11 Å². The average molecular weight is 250 g/mol. The van der Waals surface area contributed by atoms with Gasteiger partial charge >= 0.3 is 6.18 Å². The van der Waals surface area contributed by atoms with Crippen molar-refractivity contribution in [1.29, 1.82) is 0 Å². The number of carbonyl (C=O) groups is 1. The van der Waals surface area contributed by atoms with Crippen molar-refractivity contribution in [2.24, 2.45) is 0 Å². The number of nitrogens with zero attached hydrogens (tertiary/aromatic N) is 2. The van der Waals surface area contributed by atoms with Gasteiger partial charge in [0.25, 0.3) is 0 Å². The number of rotatable bonds is 3.